The van der Waals surface area contributed by atoms with Crippen molar-refractivity contribution in [2.45, 2.75) is 38.3 Å². The highest BCUT2D eigenvalue weighted by atomic mass is 16.5. The minimum absolute atomic E-state index is 0.111. The maximum absolute atomic E-state index is 12.6. The molecule has 1 aliphatic rings. The second kappa shape index (κ2) is 6.49. The third-order valence-electron chi connectivity index (χ3n) is 3.90. The van der Waals surface area contributed by atoms with Gasteiger partial charge in [-0.1, -0.05) is 6.92 Å². The molecular formula is C15H25N3O3. The summed E-state index contributed by atoms with van der Waals surface area (Å²) in [5.41, 5.74) is 6.11. The third kappa shape index (κ3) is 3.77. The molecule has 0 spiro atoms. The van der Waals surface area contributed by atoms with Gasteiger partial charge in [0.25, 0.3) is 5.91 Å². The van der Waals surface area contributed by atoms with Gasteiger partial charge in [-0.2, -0.15) is 0 Å². The molecule has 0 atom stereocenters. The van der Waals surface area contributed by atoms with E-state index < -0.39 is 5.60 Å². The molecule has 0 saturated carbocycles. The Hall–Kier alpha value is -1.53. The lowest BCUT2D eigenvalue weighted by Crippen LogP contribution is -2.47. The topological polar surface area (TPSA) is 80.7 Å². The Morgan fingerprint density at radius 3 is 2.81 bits per heavy atom. The number of hydrogen-bond donors (Lipinski definition) is 2. The van der Waals surface area contributed by atoms with Crippen LogP contribution in [0.25, 0.3) is 0 Å². The molecule has 0 aromatic carbocycles. The zero-order valence-electron chi connectivity index (χ0n) is 12.8. The van der Waals surface area contributed by atoms with Gasteiger partial charge in [0, 0.05) is 52.4 Å². The molecule has 0 unspecified atom stereocenters. The van der Waals surface area contributed by atoms with E-state index in [9.17, 15) is 9.90 Å². The fraction of sp³-hybridized carbons (Fsp3) is 0.667. The van der Waals surface area contributed by atoms with Gasteiger partial charge in [0.05, 0.1) is 11.3 Å². The molecule has 118 valence electrons. The van der Waals surface area contributed by atoms with Gasteiger partial charge in [-0.3, -0.25) is 4.79 Å². The predicted octanol–water partition coefficient (Wildman–Crippen LogP) is 1.09. The molecule has 1 amide bonds. The molecule has 1 aromatic rings. The highest BCUT2D eigenvalue weighted by Crippen LogP contribution is 2.22. The Kier molecular flexibility index (Phi) is 4.90. The summed E-state index contributed by atoms with van der Waals surface area (Å²) in [7, 11) is 1.72. The van der Waals surface area contributed by atoms with E-state index in [1.54, 1.807) is 24.2 Å². The molecule has 6 heteroatoms. The summed E-state index contributed by atoms with van der Waals surface area (Å²) in [5.74, 6) is -0.111. The first kappa shape index (κ1) is 15.9. The van der Waals surface area contributed by atoms with Crippen LogP contribution in [0.3, 0.4) is 0 Å². The van der Waals surface area contributed by atoms with Gasteiger partial charge in [0.1, 0.15) is 5.69 Å². The molecular weight excluding hydrogens is 270 g/mol. The van der Waals surface area contributed by atoms with Crippen LogP contribution in [0.5, 0.6) is 0 Å². The van der Waals surface area contributed by atoms with E-state index in [2.05, 4.69) is 6.92 Å². The number of rotatable bonds is 5. The lowest BCUT2D eigenvalue weighted by atomic mass is 9.94. The standard InChI is InChI=1S/C15H25N3O3/c1-3-6-18-10-12(16)9-13(18)14(19)17(2)11-15(20)4-7-21-8-5-15/h9-10,20H,3-8,11,16H2,1-2H3. The van der Waals surface area contributed by atoms with Crippen LogP contribution in [0, 0.1) is 0 Å². The first-order chi connectivity index (χ1) is 9.95. The molecule has 1 fully saturated rings. The fourth-order valence-corrected chi connectivity index (χ4v) is 2.76. The number of aryl methyl sites for hydroxylation is 1. The fourth-order valence-electron chi connectivity index (χ4n) is 2.76. The number of nitrogen functional groups attached to an aromatic ring is 1. The number of aromatic nitrogens is 1. The highest BCUT2D eigenvalue weighted by molar-refractivity contribution is 5.93. The molecule has 1 aromatic heterocycles. The number of nitrogens with zero attached hydrogens (tertiary/aromatic N) is 2. The van der Waals surface area contributed by atoms with E-state index in [0.717, 1.165) is 13.0 Å². The Bertz CT molecular complexity index is 492. The molecule has 3 N–H and O–H groups in total. The number of likely N-dealkylation sites (N-methyl/N-ethyl adjacent to an activating group) is 1. The first-order valence-electron chi connectivity index (χ1n) is 7.46. The highest BCUT2D eigenvalue weighted by Gasteiger charge is 2.33. The van der Waals surface area contributed by atoms with Crippen molar-refractivity contribution < 1.29 is 14.6 Å². The molecule has 1 saturated heterocycles. The number of carbonyl (C=O) groups excluding carboxylic acids is 1. The van der Waals surface area contributed by atoms with Crippen LogP contribution in [0.15, 0.2) is 12.3 Å². The van der Waals surface area contributed by atoms with E-state index in [-0.39, 0.29) is 5.91 Å². The lowest BCUT2D eigenvalue weighted by Gasteiger charge is -2.35. The molecule has 1 aliphatic heterocycles. The van der Waals surface area contributed by atoms with E-state index in [1.807, 2.05) is 4.57 Å². The molecule has 21 heavy (non-hydrogen) atoms. The van der Waals surface area contributed by atoms with Crippen molar-refractivity contribution in [1.29, 1.82) is 0 Å². The SMILES string of the molecule is CCCn1cc(N)cc1C(=O)N(C)CC1(O)CCOCC1. The summed E-state index contributed by atoms with van der Waals surface area (Å²) in [6.45, 7) is 4.20. The van der Waals surface area contributed by atoms with Crippen LogP contribution in [-0.4, -0.2) is 52.9 Å². The largest absolute Gasteiger partial charge is 0.397 e. The number of anilines is 1. The summed E-state index contributed by atoms with van der Waals surface area (Å²) >= 11 is 0. The smallest absolute Gasteiger partial charge is 0.270 e. The van der Waals surface area contributed by atoms with E-state index in [0.29, 0.717) is 44.0 Å². The average molecular weight is 295 g/mol. The van der Waals surface area contributed by atoms with Crippen molar-refractivity contribution in [2.24, 2.45) is 0 Å². The lowest BCUT2D eigenvalue weighted by molar-refractivity contribution is -0.0735. The zero-order valence-corrected chi connectivity index (χ0v) is 12.8. The number of nitrogens with two attached hydrogens (primary N) is 1. The molecule has 2 heterocycles. The quantitative estimate of drug-likeness (QED) is 0.852. The van der Waals surface area contributed by atoms with Crippen molar-refractivity contribution in [3.8, 4) is 0 Å². The summed E-state index contributed by atoms with van der Waals surface area (Å²) in [6, 6.07) is 1.70. The normalized spacial score (nSPS) is 17.7. The van der Waals surface area contributed by atoms with Crippen molar-refractivity contribution in [1.82, 2.24) is 9.47 Å². The van der Waals surface area contributed by atoms with Crippen LogP contribution in [0.1, 0.15) is 36.7 Å². The van der Waals surface area contributed by atoms with Gasteiger partial charge in [-0.15, -0.1) is 0 Å². The van der Waals surface area contributed by atoms with Crippen molar-refractivity contribution in [3.05, 3.63) is 18.0 Å². The summed E-state index contributed by atoms with van der Waals surface area (Å²) < 4.78 is 7.14. The van der Waals surface area contributed by atoms with Crippen molar-refractivity contribution in [2.75, 3.05) is 32.5 Å². The van der Waals surface area contributed by atoms with Crippen LogP contribution >= 0.6 is 0 Å². The summed E-state index contributed by atoms with van der Waals surface area (Å²) in [4.78, 5) is 14.2. The molecule has 2 rings (SSSR count). The van der Waals surface area contributed by atoms with Crippen molar-refractivity contribution >= 4 is 11.6 Å². The first-order valence-corrected chi connectivity index (χ1v) is 7.46. The van der Waals surface area contributed by atoms with Gasteiger partial charge < -0.3 is 25.0 Å². The van der Waals surface area contributed by atoms with Gasteiger partial charge >= 0.3 is 0 Å². The number of ether oxygens (including phenoxy) is 1. The Morgan fingerprint density at radius 2 is 2.19 bits per heavy atom. The van der Waals surface area contributed by atoms with Crippen molar-refractivity contribution in [3.63, 3.8) is 0 Å². The Labute approximate surface area is 125 Å². The zero-order chi connectivity index (χ0) is 15.5. The van der Waals surface area contributed by atoms with E-state index >= 15 is 0 Å². The maximum Gasteiger partial charge on any atom is 0.270 e. The van der Waals surface area contributed by atoms with E-state index in [1.165, 1.54) is 0 Å². The van der Waals surface area contributed by atoms with E-state index in [4.69, 9.17) is 10.5 Å². The van der Waals surface area contributed by atoms with Crippen LogP contribution in [0.2, 0.25) is 0 Å². The number of carbonyl (C=O) groups is 1. The maximum atomic E-state index is 12.6. The minimum atomic E-state index is -0.851. The van der Waals surface area contributed by atoms with Gasteiger partial charge in [0.2, 0.25) is 0 Å². The third-order valence-corrected chi connectivity index (χ3v) is 3.90. The van der Waals surface area contributed by atoms with Gasteiger partial charge in [-0.05, 0) is 12.5 Å². The second-order valence-corrected chi connectivity index (χ2v) is 5.85. The van der Waals surface area contributed by atoms with Crippen LogP contribution < -0.4 is 5.73 Å². The monoisotopic (exact) mass is 295 g/mol. The molecule has 6 nitrogen and oxygen atoms in total. The van der Waals surface area contributed by atoms with Gasteiger partial charge in [0.15, 0.2) is 0 Å². The predicted molar refractivity (Wildman–Crippen MR) is 81.1 cm³/mol. The number of amides is 1. The van der Waals surface area contributed by atoms with Crippen LogP contribution in [-0.2, 0) is 11.3 Å². The van der Waals surface area contributed by atoms with Crippen LogP contribution in [0.4, 0.5) is 5.69 Å². The Morgan fingerprint density at radius 1 is 1.52 bits per heavy atom. The summed E-state index contributed by atoms with van der Waals surface area (Å²) in [6.07, 6.45) is 3.83. The minimum Gasteiger partial charge on any atom is -0.397 e. The number of hydrogen-bond acceptors (Lipinski definition) is 4. The summed E-state index contributed by atoms with van der Waals surface area (Å²) in [5, 5.41) is 10.5. The molecule has 0 bridgehead atoms. The Balaban J connectivity index is 2.08. The second-order valence-electron chi connectivity index (χ2n) is 5.85. The molecule has 0 aliphatic carbocycles. The average Bonchev–Trinajstić information content (AvgIpc) is 2.79. The molecule has 0 radical (unpaired) electrons. The number of aliphatic hydroxyl groups is 1. The van der Waals surface area contributed by atoms with Gasteiger partial charge in [-0.25, -0.2) is 0 Å².